The summed E-state index contributed by atoms with van der Waals surface area (Å²) in [5, 5.41) is 3.08. The van der Waals surface area contributed by atoms with Crippen molar-refractivity contribution in [1.29, 1.82) is 0 Å². The zero-order valence-corrected chi connectivity index (χ0v) is 13.8. The van der Waals surface area contributed by atoms with Gasteiger partial charge in [-0.15, -0.1) is 0 Å². The van der Waals surface area contributed by atoms with Crippen LogP contribution >= 0.6 is 0 Å². The molecule has 1 aliphatic heterocycles. The molecule has 0 radical (unpaired) electrons. The molecule has 1 saturated carbocycles. The van der Waals surface area contributed by atoms with Crippen LogP contribution in [0.5, 0.6) is 0 Å². The van der Waals surface area contributed by atoms with E-state index >= 15 is 0 Å². The fourth-order valence-electron chi connectivity index (χ4n) is 3.90. The molecule has 5 heteroatoms. The first-order chi connectivity index (χ1) is 11.1. The van der Waals surface area contributed by atoms with Gasteiger partial charge in [0.1, 0.15) is 0 Å². The molecule has 0 aromatic carbocycles. The number of hydrogen-bond acceptors (Lipinski definition) is 3. The average molecular weight is 318 g/mol. The third-order valence-electron chi connectivity index (χ3n) is 5.17. The number of nitrogens with one attached hydrogen (secondary N) is 1. The van der Waals surface area contributed by atoms with Gasteiger partial charge in [-0.2, -0.15) is 0 Å². The Bertz CT molecular complexity index is 617. The summed E-state index contributed by atoms with van der Waals surface area (Å²) >= 11 is 0. The van der Waals surface area contributed by atoms with E-state index in [-0.39, 0.29) is 23.1 Å². The fraction of sp³-hybridized carbons (Fsp3) is 0.667. The SMILES string of the molecule is Cc1cccc(=O)n1CCC(=O)N[C@@H]1COC2(CCCCC2)C1. The molecule has 1 aromatic heterocycles. The Kier molecular flexibility index (Phi) is 4.85. The van der Waals surface area contributed by atoms with Crippen LogP contribution in [-0.2, 0) is 16.1 Å². The van der Waals surface area contributed by atoms with Gasteiger partial charge in [-0.1, -0.05) is 25.3 Å². The normalized spacial score (nSPS) is 23.1. The lowest BCUT2D eigenvalue weighted by molar-refractivity contribution is -0.122. The van der Waals surface area contributed by atoms with Crippen molar-refractivity contribution in [1.82, 2.24) is 9.88 Å². The van der Waals surface area contributed by atoms with Crippen LogP contribution in [0.15, 0.2) is 23.0 Å². The molecule has 1 N–H and O–H groups in total. The monoisotopic (exact) mass is 318 g/mol. The lowest BCUT2D eigenvalue weighted by Gasteiger charge is -2.32. The molecule has 3 rings (SSSR count). The smallest absolute Gasteiger partial charge is 0.250 e. The number of aryl methyl sites for hydroxylation is 1. The van der Waals surface area contributed by atoms with Crippen molar-refractivity contribution in [3.8, 4) is 0 Å². The number of amides is 1. The summed E-state index contributed by atoms with van der Waals surface area (Å²) in [4.78, 5) is 24.0. The van der Waals surface area contributed by atoms with Crippen molar-refractivity contribution < 1.29 is 9.53 Å². The van der Waals surface area contributed by atoms with Crippen LogP contribution in [0.2, 0.25) is 0 Å². The minimum Gasteiger partial charge on any atom is -0.373 e. The summed E-state index contributed by atoms with van der Waals surface area (Å²) in [6.07, 6.45) is 7.27. The highest BCUT2D eigenvalue weighted by molar-refractivity contribution is 5.76. The maximum Gasteiger partial charge on any atom is 0.250 e. The van der Waals surface area contributed by atoms with Crippen LogP contribution in [0.25, 0.3) is 0 Å². The summed E-state index contributed by atoms with van der Waals surface area (Å²) in [6, 6.07) is 5.28. The number of pyridine rings is 1. The number of ether oxygens (including phenoxy) is 1. The van der Waals surface area contributed by atoms with E-state index in [4.69, 9.17) is 4.74 Å². The van der Waals surface area contributed by atoms with Crippen molar-refractivity contribution in [2.75, 3.05) is 6.61 Å². The lowest BCUT2D eigenvalue weighted by Crippen LogP contribution is -2.38. The Morgan fingerprint density at radius 1 is 1.35 bits per heavy atom. The van der Waals surface area contributed by atoms with Gasteiger partial charge in [0, 0.05) is 24.7 Å². The standard InChI is InChI=1S/C18H26N2O3/c1-14-6-5-7-17(22)20(14)11-8-16(21)19-15-12-18(23-13-15)9-3-2-4-10-18/h5-7,15H,2-4,8-13H2,1H3,(H,19,21)/t15-/m0/s1. The molecule has 0 unspecified atom stereocenters. The maximum absolute atomic E-state index is 12.2. The van der Waals surface area contributed by atoms with Gasteiger partial charge in [-0.25, -0.2) is 0 Å². The second-order valence-corrected chi connectivity index (χ2v) is 6.93. The topological polar surface area (TPSA) is 60.3 Å². The Morgan fingerprint density at radius 3 is 2.87 bits per heavy atom. The first-order valence-corrected chi connectivity index (χ1v) is 8.68. The van der Waals surface area contributed by atoms with Crippen LogP contribution < -0.4 is 10.9 Å². The van der Waals surface area contributed by atoms with Crippen molar-refractivity contribution >= 4 is 5.91 Å². The summed E-state index contributed by atoms with van der Waals surface area (Å²) in [5.74, 6) is 0.00149. The van der Waals surface area contributed by atoms with Crippen LogP contribution in [0.4, 0.5) is 0 Å². The largest absolute Gasteiger partial charge is 0.373 e. The quantitative estimate of drug-likeness (QED) is 0.925. The second-order valence-electron chi connectivity index (χ2n) is 6.93. The Balaban J connectivity index is 1.49. The van der Waals surface area contributed by atoms with Gasteiger partial charge in [-0.3, -0.25) is 9.59 Å². The van der Waals surface area contributed by atoms with Gasteiger partial charge in [0.25, 0.3) is 5.56 Å². The van der Waals surface area contributed by atoms with E-state index < -0.39 is 0 Å². The fourth-order valence-corrected chi connectivity index (χ4v) is 3.90. The zero-order valence-electron chi connectivity index (χ0n) is 13.8. The molecule has 1 aromatic rings. The van der Waals surface area contributed by atoms with E-state index in [0.29, 0.717) is 19.6 Å². The van der Waals surface area contributed by atoms with Crippen LogP contribution in [0, 0.1) is 6.92 Å². The highest BCUT2D eigenvalue weighted by Crippen LogP contribution is 2.39. The molecule has 1 amide bonds. The number of carbonyl (C=O) groups excluding carboxylic acids is 1. The number of carbonyl (C=O) groups is 1. The van der Waals surface area contributed by atoms with E-state index in [0.717, 1.165) is 25.0 Å². The van der Waals surface area contributed by atoms with Crippen LogP contribution in [0.1, 0.15) is 50.6 Å². The predicted molar refractivity (Wildman–Crippen MR) is 88.4 cm³/mol. The molecule has 23 heavy (non-hydrogen) atoms. The molecule has 1 aliphatic carbocycles. The van der Waals surface area contributed by atoms with Gasteiger partial charge < -0.3 is 14.6 Å². The highest BCUT2D eigenvalue weighted by atomic mass is 16.5. The Hall–Kier alpha value is -1.62. The zero-order chi connectivity index (χ0) is 16.3. The van der Waals surface area contributed by atoms with Crippen LogP contribution in [-0.4, -0.2) is 28.7 Å². The minimum absolute atomic E-state index is 0.00149. The maximum atomic E-state index is 12.2. The molecule has 1 spiro atoms. The van der Waals surface area contributed by atoms with Gasteiger partial charge in [0.05, 0.1) is 18.2 Å². The molecule has 2 fully saturated rings. The number of hydrogen-bond donors (Lipinski definition) is 1. The average Bonchev–Trinajstić information content (AvgIpc) is 2.89. The number of aromatic nitrogens is 1. The van der Waals surface area contributed by atoms with Gasteiger partial charge in [-0.05, 0) is 32.3 Å². The van der Waals surface area contributed by atoms with Gasteiger partial charge in [0.15, 0.2) is 0 Å². The van der Waals surface area contributed by atoms with Crippen molar-refractivity contribution in [3.05, 3.63) is 34.2 Å². The third kappa shape index (κ3) is 3.83. The summed E-state index contributed by atoms with van der Waals surface area (Å²) in [7, 11) is 0. The molecular formula is C18H26N2O3. The molecule has 1 atom stereocenters. The molecule has 1 saturated heterocycles. The Morgan fingerprint density at radius 2 is 2.13 bits per heavy atom. The minimum atomic E-state index is -0.0526. The van der Waals surface area contributed by atoms with Gasteiger partial charge in [0.2, 0.25) is 5.91 Å². The second kappa shape index (κ2) is 6.87. The lowest BCUT2D eigenvalue weighted by atomic mass is 9.82. The summed E-state index contributed by atoms with van der Waals surface area (Å²) in [6.45, 7) is 2.93. The van der Waals surface area contributed by atoms with E-state index in [9.17, 15) is 9.59 Å². The number of nitrogens with zero attached hydrogens (tertiary/aromatic N) is 1. The summed E-state index contributed by atoms with van der Waals surface area (Å²) in [5.41, 5.74) is 0.849. The first kappa shape index (κ1) is 16.2. The van der Waals surface area contributed by atoms with Crippen molar-refractivity contribution in [2.24, 2.45) is 0 Å². The van der Waals surface area contributed by atoms with E-state index in [1.165, 1.54) is 25.3 Å². The first-order valence-electron chi connectivity index (χ1n) is 8.68. The van der Waals surface area contributed by atoms with E-state index in [1.54, 1.807) is 10.6 Å². The molecule has 0 bridgehead atoms. The van der Waals surface area contributed by atoms with E-state index in [2.05, 4.69) is 5.32 Å². The van der Waals surface area contributed by atoms with Crippen molar-refractivity contribution in [2.45, 2.75) is 70.1 Å². The third-order valence-corrected chi connectivity index (χ3v) is 5.17. The molecule has 5 nitrogen and oxygen atoms in total. The van der Waals surface area contributed by atoms with Crippen molar-refractivity contribution in [3.63, 3.8) is 0 Å². The van der Waals surface area contributed by atoms with E-state index in [1.807, 2.05) is 13.0 Å². The molecule has 2 heterocycles. The highest BCUT2D eigenvalue weighted by Gasteiger charge is 2.41. The molecule has 126 valence electrons. The van der Waals surface area contributed by atoms with Gasteiger partial charge >= 0.3 is 0 Å². The molecule has 2 aliphatic rings. The summed E-state index contributed by atoms with van der Waals surface area (Å²) < 4.78 is 7.67. The number of rotatable bonds is 4. The van der Waals surface area contributed by atoms with Crippen LogP contribution in [0.3, 0.4) is 0 Å². The predicted octanol–water partition coefficient (Wildman–Crippen LogP) is 2.15. The Labute approximate surface area is 137 Å². The molecular weight excluding hydrogens is 292 g/mol.